The van der Waals surface area contributed by atoms with Gasteiger partial charge < -0.3 is 5.11 Å². The second-order valence-corrected chi connectivity index (χ2v) is 6.84. The standard InChI is InChI=1S/C19H29N3O3/c1-3-5-7-11-19(10-4-2)21-18(15-9-6-8-12-20-15)16(23)13-22(19)14-17(24)25/h6,8,12,15H,3-5,7,9-11,13-14H2,1-2H3,(H,24,25). The molecule has 0 saturated carbocycles. The summed E-state index contributed by atoms with van der Waals surface area (Å²) in [6.45, 7) is 4.19. The van der Waals surface area contributed by atoms with Crippen molar-refractivity contribution in [3.05, 3.63) is 12.2 Å². The third kappa shape index (κ3) is 4.84. The van der Waals surface area contributed by atoms with Gasteiger partial charge in [0, 0.05) is 6.21 Å². The Labute approximate surface area is 149 Å². The lowest BCUT2D eigenvalue weighted by Crippen LogP contribution is -2.57. The Bertz CT molecular complexity index is 582. The van der Waals surface area contributed by atoms with Crippen LogP contribution in [0.1, 0.15) is 58.8 Å². The van der Waals surface area contributed by atoms with Crippen LogP contribution in [-0.2, 0) is 9.59 Å². The normalized spacial score (nSPS) is 26.7. The first kappa shape index (κ1) is 19.5. The van der Waals surface area contributed by atoms with Crippen molar-refractivity contribution in [1.82, 2.24) is 4.90 Å². The number of allylic oxidation sites excluding steroid dienone is 1. The summed E-state index contributed by atoms with van der Waals surface area (Å²) in [5.41, 5.74) is -0.0745. The van der Waals surface area contributed by atoms with Gasteiger partial charge in [-0.2, -0.15) is 0 Å². The highest BCUT2D eigenvalue weighted by Crippen LogP contribution is 2.33. The number of hydrogen-bond donors (Lipinski definition) is 1. The zero-order chi connectivity index (χ0) is 18.3. The minimum absolute atomic E-state index is 0.0964. The van der Waals surface area contributed by atoms with Gasteiger partial charge in [-0.1, -0.05) is 39.2 Å². The molecule has 0 aliphatic carbocycles. The third-order valence-electron chi connectivity index (χ3n) is 4.86. The van der Waals surface area contributed by atoms with Crippen LogP contribution in [-0.4, -0.2) is 58.5 Å². The van der Waals surface area contributed by atoms with Crippen molar-refractivity contribution in [3.63, 3.8) is 0 Å². The quantitative estimate of drug-likeness (QED) is 0.650. The highest BCUT2D eigenvalue weighted by molar-refractivity contribution is 6.43. The smallest absolute Gasteiger partial charge is 0.317 e. The summed E-state index contributed by atoms with van der Waals surface area (Å²) in [7, 11) is 0. The van der Waals surface area contributed by atoms with Crippen LogP contribution in [0.3, 0.4) is 0 Å². The van der Waals surface area contributed by atoms with Crippen LogP contribution in [0.4, 0.5) is 0 Å². The lowest BCUT2D eigenvalue weighted by Gasteiger charge is -2.44. The molecule has 0 amide bonds. The minimum Gasteiger partial charge on any atom is -0.480 e. The van der Waals surface area contributed by atoms with Crippen LogP contribution in [0.2, 0.25) is 0 Å². The Balaban J connectivity index is 2.37. The highest BCUT2D eigenvalue weighted by Gasteiger charge is 2.43. The number of unbranched alkanes of at least 4 members (excludes halogenated alkanes) is 2. The number of carboxylic acids is 1. The summed E-state index contributed by atoms with van der Waals surface area (Å²) in [6.07, 6.45) is 11.8. The van der Waals surface area contributed by atoms with E-state index in [-0.39, 0.29) is 24.9 Å². The summed E-state index contributed by atoms with van der Waals surface area (Å²) < 4.78 is 0. The third-order valence-corrected chi connectivity index (χ3v) is 4.86. The van der Waals surface area contributed by atoms with Crippen molar-refractivity contribution < 1.29 is 14.7 Å². The molecule has 0 aromatic rings. The molecule has 2 unspecified atom stereocenters. The van der Waals surface area contributed by atoms with E-state index in [9.17, 15) is 14.7 Å². The average molecular weight is 347 g/mol. The van der Waals surface area contributed by atoms with E-state index in [1.54, 1.807) is 11.1 Å². The minimum atomic E-state index is -0.916. The fraction of sp³-hybridized carbons (Fsp3) is 0.684. The van der Waals surface area contributed by atoms with Gasteiger partial charge in [0.15, 0.2) is 5.78 Å². The van der Waals surface area contributed by atoms with Crippen molar-refractivity contribution in [2.75, 3.05) is 13.1 Å². The Morgan fingerprint density at radius 3 is 2.72 bits per heavy atom. The molecular formula is C19H29N3O3. The summed E-state index contributed by atoms with van der Waals surface area (Å²) in [6, 6.07) is -0.230. The summed E-state index contributed by atoms with van der Waals surface area (Å²) in [5, 5.41) is 9.30. The second-order valence-electron chi connectivity index (χ2n) is 6.84. The van der Waals surface area contributed by atoms with E-state index >= 15 is 0 Å². The molecule has 0 fully saturated rings. The maximum absolute atomic E-state index is 12.6. The lowest BCUT2D eigenvalue weighted by molar-refractivity contribution is -0.141. The number of aliphatic imine (C=N–C) groups is 2. The second kappa shape index (κ2) is 9.04. The summed E-state index contributed by atoms with van der Waals surface area (Å²) in [4.78, 5) is 35.1. The van der Waals surface area contributed by atoms with Crippen molar-refractivity contribution in [2.24, 2.45) is 9.98 Å². The molecule has 2 atom stereocenters. The molecule has 2 heterocycles. The van der Waals surface area contributed by atoms with Gasteiger partial charge in [0.2, 0.25) is 0 Å². The summed E-state index contributed by atoms with van der Waals surface area (Å²) >= 11 is 0. The molecule has 25 heavy (non-hydrogen) atoms. The van der Waals surface area contributed by atoms with Gasteiger partial charge in [-0.05, 0) is 31.8 Å². The SMILES string of the molecule is CCCCCC1(CCC)N=C(C2CC=CC=N2)C(=O)CN1CC(=O)O. The first-order chi connectivity index (χ1) is 12.0. The zero-order valence-corrected chi connectivity index (χ0v) is 15.3. The van der Waals surface area contributed by atoms with Gasteiger partial charge >= 0.3 is 5.97 Å². The molecule has 6 nitrogen and oxygen atoms in total. The van der Waals surface area contributed by atoms with Crippen LogP contribution in [0.25, 0.3) is 0 Å². The van der Waals surface area contributed by atoms with E-state index in [0.29, 0.717) is 12.1 Å². The first-order valence-corrected chi connectivity index (χ1v) is 9.30. The molecular weight excluding hydrogens is 318 g/mol. The number of rotatable bonds is 9. The molecule has 0 spiro atoms. The number of hydrogen-bond acceptors (Lipinski definition) is 5. The van der Waals surface area contributed by atoms with Crippen molar-refractivity contribution in [1.29, 1.82) is 0 Å². The van der Waals surface area contributed by atoms with Crippen molar-refractivity contribution >= 4 is 23.7 Å². The van der Waals surface area contributed by atoms with E-state index in [4.69, 9.17) is 4.99 Å². The Morgan fingerprint density at radius 1 is 1.32 bits per heavy atom. The van der Waals surface area contributed by atoms with Crippen LogP contribution >= 0.6 is 0 Å². The molecule has 0 saturated heterocycles. The van der Waals surface area contributed by atoms with E-state index in [1.807, 2.05) is 12.2 Å². The Kier molecular flexibility index (Phi) is 7.05. The van der Waals surface area contributed by atoms with Gasteiger partial charge in [-0.25, -0.2) is 0 Å². The topological polar surface area (TPSA) is 82.3 Å². The summed E-state index contributed by atoms with van der Waals surface area (Å²) in [5.74, 6) is -1.01. The molecule has 2 aliphatic heterocycles. The first-order valence-electron chi connectivity index (χ1n) is 9.30. The molecule has 0 radical (unpaired) electrons. The number of nitrogens with zero attached hydrogens (tertiary/aromatic N) is 3. The maximum Gasteiger partial charge on any atom is 0.317 e. The molecule has 0 aromatic carbocycles. The highest BCUT2D eigenvalue weighted by atomic mass is 16.4. The largest absolute Gasteiger partial charge is 0.480 e. The molecule has 1 N–H and O–H groups in total. The van der Waals surface area contributed by atoms with Crippen molar-refractivity contribution in [3.8, 4) is 0 Å². The fourth-order valence-corrected chi connectivity index (χ4v) is 3.66. The molecule has 2 aliphatic rings. The van der Waals surface area contributed by atoms with Crippen LogP contribution in [0, 0.1) is 0 Å². The van der Waals surface area contributed by atoms with Gasteiger partial charge in [0.1, 0.15) is 11.4 Å². The number of dihydropyridines is 1. The van der Waals surface area contributed by atoms with Gasteiger partial charge in [0.05, 0.1) is 19.1 Å². The lowest BCUT2D eigenvalue weighted by atomic mass is 9.90. The van der Waals surface area contributed by atoms with Gasteiger partial charge in [-0.15, -0.1) is 0 Å². The van der Waals surface area contributed by atoms with E-state index < -0.39 is 11.6 Å². The van der Waals surface area contributed by atoms with E-state index in [2.05, 4.69) is 18.8 Å². The Morgan fingerprint density at radius 2 is 2.12 bits per heavy atom. The number of carbonyl (C=O) groups is 2. The number of Topliss-reactive ketones (excluding diaryl/α,β-unsaturated/α-hetero) is 1. The van der Waals surface area contributed by atoms with Gasteiger partial charge in [0.25, 0.3) is 0 Å². The van der Waals surface area contributed by atoms with E-state index in [0.717, 1.165) is 38.5 Å². The van der Waals surface area contributed by atoms with Crippen LogP contribution in [0.5, 0.6) is 0 Å². The molecule has 2 rings (SSSR count). The predicted octanol–water partition coefficient (Wildman–Crippen LogP) is 2.87. The monoisotopic (exact) mass is 347 g/mol. The molecule has 0 aromatic heterocycles. The number of aliphatic carboxylic acids is 1. The van der Waals surface area contributed by atoms with E-state index in [1.165, 1.54) is 0 Å². The predicted molar refractivity (Wildman–Crippen MR) is 99.5 cm³/mol. The van der Waals surface area contributed by atoms with Crippen molar-refractivity contribution in [2.45, 2.75) is 70.5 Å². The van der Waals surface area contributed by atoms with Crippen LogP contribution in [0.15, 0.2) is 22.1 Å². The Hall–Kier alpha value is -1.82. The van der Waals surface area contributed by atoms with Crippen LogP contribution < -0.4 is 0 Å². The number of carboxylic acid groups (broad SMARTS) is 1. The molecule has 138 valence electrons. The zero-order valence-electron chi connectivity index (χ0n) is 15.3. The fourth-order valence-electron chi connectivity index (χ4n) is 3.66. The number of carbonyl (C=O) groups excluding carboxylic acids is 1. The molecule has 6 heteroatoms. The van der Waals surface area contributed by atoms with Gasteiger partial charge in [-0.3, -0.25) is 24.5 Å². The maximum atomic E-state index is 12.6. The number of ketones is 1. The average Bonchev–Trinajstić information content (AvgIpc) is 2.58. The molecule has 0 bridgehead atoms.